The van der Waals surface area contributed by atoms with Gasteiger partial charge < -0.3 is 10.6 Å². The second-order valence-corrected chi connectivity index (χ2v) is 5.17. The second kappa shape index (κ2) is 9.67. The lowest BCUT2D eigenvalue weighted by atomic mass is 10.2. The van der Waals surface area contributed by atoms with E-state index in [-0.39, 0.29) is 17.5 Å². The van der Waals surface area contributed by atoms with Crippen LogP contribution in [0, 0.1) is 0 Å². The van der Waals surface area contributed by atoms with Crippen LogP contribution in [-0.2, 0) is 4.79 Å². The third kappa shape index (κ3) is 5.95. The highest BCUT2D eigenvalue weighted by Crippen LogP contribution is 2.04. The van der Waals surface area contributed by atoms with Gasteiger partial charge in [0.15, 0.2) is 0 Å². The maximum Gasteiger partial charge on any atom is 0.268 e. The molecule has 25 heavy (non-hydrogen) atoms. The first-order valence-electron chi connectivity index (χ1n) is 7.89. The minimum absolute atomic E-state index is 0.169. The van der Waals surface area contributed by atoms with Gasteiger partial charge in [-0.2, -0.15) is 0 Å². The Kier molecular flexibility index (Phi) is 6.95. The Morgan fingerprint density at radius 2 is 1.60 bits per heavy atom. The molecule has 0 aliphatic heterocycles. The van der Waals surface area contributed by atoms with Crippen LogP contribution in [0.25, 0.3) is 6.08 Å². The average molecular weight is 332 g/mol. The maximum atomic E-state index is 12.3. The fourth-order valence-corrected chi connectivity index (χ4v) is 2.04. The van der Waals surface area contributed by atoms with E-state index in [4.69, 9.17) is 0 Å². The van der Waals surface area contributed by atoms with Crippen molar-refractivity contribution in [1.29, 1.82) is 0 Å². The number of hydrogen-bond donors (Lipinski definition) is 2. The molecule has 0 saturated carbocycles. The first-order valence-corrected chi connectivity index (χ1v) is 7.89. The summed E-state index contributed by atoms with van der Waals surface area (Å²) in [6, 6.07) is 18.4. The predicted octanol–water partition coefficient (Wildman–Crippen LogP) is 3.32. The normalized spacial score (nSPS) is 11.1. The molecule has 0 saturated heterocycles. The van der Waals surface area contributed by atoms with E-state index >= 15 is 0 Å². The van der Waals surface area contributed by atoms with E-state index in [1.165, 1.54) is 0 Å². The highest BCUT2D eigenvalue weighted by Gasteiger charge is 2.12. The first-order chi connectivity index (χ1) is 12.2. The number of benzene rings is 2. The molecule has 0 atom stereocenters. The highest BCUT2D eigenvalue weighted by atomic mass is 16.2. The largest absolute Gasteiger partial charge is 0.347 e. The Hall–Kier alpha value is -3.40. The summed E-state index contributed by atoms with van der Waals surface area (Å²) in [7, 11) is 0. The minimum Gasteiger partial charge on any atom is -0.347 e. The van der Waals surface area contributed by atoms with E-state index in [1.807, 2.05) is 42.5 Å². The van der Waals surface area contributed by atoms with E-state index in [9.17, 15) is 9.59 Å². The smallest absolute Gasteiger partial charge is 0.268 e. The van der Waals surface area contributed by atoms with Crippen molar-refractivity contribution in [3.8, 4) is 0 Å². The number of carbonyl (C=O) groups excluding carboxylic acids is 2. The molecule has 0 aromatic heterocycles. The van der Waals surface area contributed by atoms with Gasteiger partial charge in [-0.05, 0) is 23.8 Å². The standard InChI is InChI=1S/C21H20N2O2/c1-2-16-22-21(25)19(15-9-12-17-10-5-3-6-11-17)23-20(24)18-13-7-4-8-14-18/h2-15H,1,16H2,(H,22,25)(H,23,24)/b12-9+,19-15+. The summed E-state index contributed by atoms with van der Waals surface area (Å²) >= 11 is 0. The molecule has 2 amide bonds. The summed E-state index contributed by atoms with van der Waals surface area (Å²) in [6.07, 6.45) is 6.74. The molecule has 4 nitrogen and oxygen atoms in total. The van der Waals surface area contributed by atoms with Crippen molar-refractivity contribution in [1.82, 2.24) is 10.6 Å². The summed E-state index contributed by atoms with van der Waals surface area (Å²) in [5, 5.41) is 5.32. The van der Waals surface area contributed by atoms with Gasteiger partial charge in [0.1, 0.15) is 5.70 Å². The summed E-state index contributed by atoms with van der Waals surface area (Å²) in [6.45, 7) is 3.89. The van der Waals surface area contributed by atoms with E-state index in [2.05, 4.69) is 17.2 Å². The van der Waals surface area contributed by atoms with Gasteiger partial charge in [-0.25, -0.2) is 0 Å². The average Bonchev–Trinajstić information content (AvgIpc) is 2.66. The van der Waals surface area contributed by atoms with Gasteiger partial charge in [0.25, 0.3) is 11.8 Å². The monoisotopic (exact) mass is 332 g/mol. The fraction of sp³-hybridized carbons (Fsp3) is 0.0476. The number of allylic oxidation sites excluding steroid dienone is 2. The lowest BCUT2D eigenvalue weighted by Gasteiger charge is -2.09. The summed E-state index contributed by atoms with van der Waals surface area (Å²) in [5.74, 6) is -0.712. The van der Waals surface area contributed by atoms with Gasteiger partial charge in [-0.1, -0.05) is 66.8 Å². The summed E-state index contributed by atoms with van der Waals surface area (Å²) in [5.41, 5.74) is 1.65. The van der Waals surface area contributed by atoms with Crippen LogP contribution < -0.4 is 10.6 Å². The minimum atomic E-state index is -0.373. The molecule has 126 valence electrons. The molecule has 0 unspecified atom stereocenters. The van der Waals surface area contributed by atoms with E-state index in [1.54, 1.807) is 42.5 Å². The molecule has 0 radical (unpaired) electrons. The molecule has 0 bridgehead atoms. The summed E-state index contributed by atoms with van der Waals surface area (Å²) < 4.78 is 0. The van der Waals surface area contributed by atoms with Gasteiger partial charge in [0.2, 0.25) is 0 Å². The fourth-order valence-electron chi connectivity index (χ4n) is 2.04. The Labute approximate surface area is 147 Å². The summed E-state index contributed by atoms with van der Waals surface area (Å²) in [4.78, 5) is 24.5. The third-order valence-electron chi connectivity index (χ3n) is 3.29. The van der Waals surface area contributed by atoms with Crippen LogP contribution in [0.3, 0.4) is 0 Å². The molecule has 2 aromatic rings. The zero-order valence-corrected chi connectivity index (χ0v) is 13.8. The Balaban J connectivity index is 2.16. The van der Waals surface area contributed by atoms with E-state index in [0.29, 0.717) is 12.1 Å². The molecule has 0 aliphatic carbocycles. The van der Waals surface area contributed by atoms with Crippen LogP contribution in [0.15, 0.2) is 91.2 Å². The zero-order chi connectivity index (χ0) is 17.9. The van der Waals surface area contributed by atoms with Gasteiger partial charge in [-0.3, -0.25) is 9.59 Å². The maximum absolute atomic E-state index is 12.3. The number of hydrogen-bond acceptors (Lipinski definition) is 2. The molecular weight excluding hydrogens is 312 g/mol. The van der Waals surface area contributed by atoms with Crippen molar-refractivity contribution < 1.29 is 9.59 Å². The topological polar surface area (TPSA) is 58.2 Å². The quantitative estimate of drug-likeness (QED) is 0.464. The Bertz CT molecular complexity index is 778. The van der Waals surface area contributed by atoms with Crippen molar-refractivity contribution in [2.45, 2.75) is 0 Å². The molecule has 2 N–H and O–H groups in total. The molecular formula is C21H20N2O2. The number of rotatable bonds is 7. The number of amides is 2. The van der Waals surface area contributed by atoms with Gasteiger partial charge in [-0.15, -0.1) is 6.58 Å². The van der Waals surface area contributed by atoms with Crippen molar-refractivity contribution >= 4 is 17.9 Å². The van der Waals surface area contributed by atoms with Crippen LogP contribution in [-0.4, -0.2) is 18.4 Å². The van der Waals surface area contributed by atoms with Gasteiger partial charge >= 0.3 is 0 Å². The first kappa shape index (κ1) is 17.9. The zero-order valence-electron chi connectivity index (χ0n) is 13.8. The van der Waals surface area contributed by atoms with E-state index < -0.39 is 0 Å². The van der Waals surface area contributed by atoms with Crippen molar-refractivity contribution in [3.05, 3.63) is 102 Å². The Morgan fingerprint density at radius 1 is 0.960 bits per heavy atom. The van der Waals surface area contributed by atoms with E-state index in [0.717, 1.165) is 5.56 Å². The Morgan fingerprint density at radius 3 is 2.24 bits per heavy atom. The van der Waals surface area contributed by atoms with Crippen molar-refractivity contribution in [2.75, 3.05) is 6.54 Å². The molecule has 2 rings (SSSR count). The second-order valence-electron chi connectivity index (χ2n) is 5.17. The molecule has 2 aromatic carbocycles. The predicted molar refractivity (Wildman–Crippen MR) is 101 cm³/mol. The lowest BCUT2D eigenvalue weighted by molar-refractivity contribution is -0.117. The van der Waals surface area contributed by atoms with Crippen molar-refractivity contribution in [2.24, 2.45) is 0 Å². The van der Waals surface area contributed by atoms with Crippen LogP contribution >= 0.6 is 0 Å². The van der Waals surface area contributed by atoms with Crippen LogP contribution in [0.4, 0.5) is 0 Å². The third-order valence-corrected chi connectivity index (χ3v) is 3.29. The van der Waals surface area contributed by atoms with Crippen LogP contribution in [0.5, 0.6) is 0 Å². The SMILES string of the molecule is C=CCNC(=O)/C(=C\C=C\c1ccccc1)NC(=O)c1ccccc1. The lowest BCUT2D eigenvalue weighted by Crippen LogP contribution is -2.34. The molecule has 0 heterocycles. The van der Waals surface area contributed by atoms with Gasteiger partial charge in [0, 0.05) is 12.1 Å². The van der Waals surface area contributed by atoms with Crippen molar-refractivity contribution in [3.63, 3.8) is 0 Å². The molecule has 0 fully saturated rings. The molecule has 0 spiro atoms. The number of nitrogens with one attached hydrogen (secondary N) is 2. The highest BCUT2D eigenvalue weighted by molar-refractivity contribution is 6.03. The number of carbonyl (C=O) groups is 2. The van der Waals surface area contributed by atoms with Crippen LogP contribution in [0.2, 0.25) is 0 Å². The molecule has 0 aliphatic rings. The van der Waals surface area contributed by atoms with Gasteiger partial charge in [0.05, 0.1) is 0 Å². The van der Waals surface area contributed by atoms with Crippen LogP contribution in [0.1, 0.15) is 15.9 Å². The molecule has 4 heteroatoms.